The maximum Gasteiger partial charge on any atom is 0.338 e. The Bertz CT molecular complexity index is 1550. The number of allylic oxidation sites excluding steroid dienone is 1. The van der Waals surface area contributed by atoms with E-state index in [0.717, 1.165) is 11.1 Å². The van der Waals surface area contributed by atoms with E-state index in [4.69, 9.17) is 18.9 Å². The van der Waals surface area contributed by atoms with Gasteiger partial charge in [-0.2, -0.15) is 0 Å². The summed E-state index contributed by atoms with van der Waals surface area (Å²) in [6.07, 6.45) is 1.79. The summed E-state index contributed by atoms with van der Waals surface area (Å²) in [4.78, 5) is 31.8. The lowest BCUT2D eigenvalue weighted by molar-refractivity contribution is -0.139. The van der Waals surface area contributed by atoms with Crippen molar-refractivity contribution in [1.82, 2.24) is 4.57 Å². The Morgan fingerprint density at radius 2 is 2.06 bits per heavy atom. The van der Waals surface area contributed by atoms with Crippen LogP contribution in [0.2, 0.25) is 0 Å². The topological polar surface area (TPSA) is 88.4 Å². The Kier molecular flexibility index (Phi) is 6.24. The Labute approximate surface area is 212 Å². The third-order valence-corrected chi connectivity index (χ3v) is 7.31. The molecule has 2 aromatic carbocycles. The van der Waals surface area contributed by atoms with E-state index in [9.17, 15) is 9.59 Å². The van der Waals surface area contributed by atoms with Crippen LogP contribution in [0.3, 0.4) is 0 Å². The van der Waals surface area contributed by atoms with Gasteiger partial charge in [0.1, 0.15) is 5.75 Å². The zero-order valence-electron chi connectivity index (χ0n) is 19.2. The summed E-state index contributed by atoms with van der Waals surface area (Å²) in [6, 6.07) is 10.3. The van der Waals surface area contributed by atoms with E-state index < -0.39 is 12.0 Å². The van der Waals surface area contributed by atoms with Crippen molar-refractivity contribution in [2.24, 2.45) is 4.99 Å². The van der Waals surface area contributed by atoms with Gasteiger partial charge in [-0.15, -0.1) is 0 Å². The quantitative estimate of drug-likeness (QED) is 0.448. The van der Waals surface area contributed by atoms with E-state index in [1.165, 1.54) is 11.3 Å². The Morgan fingerprint density at radius 1 is 1.26 bits per heavy atom. The van der Waals surface area contributed by atoms with Gasteiger partial charge in [0.05, 0.1) is 40.0 Å². The fraction of sp³-hybridized carbons (Fsp3) is 0.240. The van der Waals surface area contributed by atoms with Crippen LogP contribution < -0.4 is 29.1 Å². The highest BCUT2D eigenvalue weighted by molar-refractivity contribution is 9.10. The SMILES string of the molecule is CCOC(=O)C1=C(C)N=c2s/c(=C/c3ccc4c(c3)OCO4)c(=O)n2C1c1ccc(OC)c(Br)c1. The van der Waals surface area contributed by atoms with E-state index in [0.29, 0.717) is 42.3 Å². The largest absolute Gasteiger partial charge is 0.496 e. The Balaban J connectivity index is 1.70. The molecule has 2 aliphatic heterocycles. The maximum absolute atomic E-state index is 13.7. The average Bonchev–Trinajstić information content (AvgIpc) is 3.42. The van der Waals surface area contributed by atoms with Crippen molar-refractivity contribution < 1.29 is 23.7 Å². The van der Waals surface area contributed by atoms with E-state index >= 15 is 0 Å². The highest BCUT2D eigenvalue weighted by Crippen LogP contribution is 2.35. The van der Waals surface area contributed by atoms with E-state index in [1.54, 1.807) is 37.7 Å². The normalized spacial score (nSPS) is 16.7. The number of carbonyl (C=O) groups is 1. The molecule has 0 spiro atoms. The van der Waals surface area contributed by atoms with Gasteiger partial charge in [-0.1, -0.05) is 23.5 Å². The second-order valence-electron chi connectivity index (χ2n) is 7.81. The molecular weight excluding hydrogens is 536 g/mol. The number of hydrogen-bond acceptors (Lipinski definition) is 8. The number of halogens is 1. The first-order valence-corrected chi connectivity index (χ1v) is 12.4. The molecular formula is C25H21BrN2O6S. The van der Waals surface area contributed by atoms with Crippen LogP contribution in [0.25, 0.3) is 6.08 Å². The van der Waals surface area contributed by atoms with E-state index in [2.05, 4.69) is 20.9 Å². The number of carbonyl (C=O) groups excluding carboxylic acids is 1. The summed E-state index contributed by atoms with van der Waals surface area (Å²) in [5.74, 6) is 1.44. The second kappa shape index (κ2) is 9.35. The number of rotatable bonds is 5. The fourth-order valence-electron chi connectivity index (χ4n) is 4.11. The number of ether oxygens (including phenoxy) is 4. The van der Waals surface area contributed by atoms with Crippen LogP contribution in [-0.4, -0.2) is 31.0 Å². The molecule has 3 heterocycles. The molecule has 8 nitrogen and oxygen atoms in total. The average molecular weight is 557 g/mol. The number of aromatic nitrogens is 1. The van der Waals surface area contributed by atoms with Crippen molar-refractivity contribution in [3.63, 3.8) is 0 Å². The predicted octanol–water partition coefficient (Wildman–Crippen LogP) is 3.30. The first-order valence-electron chi connectivity index (χ1n) is 10.8. The van der Waals surface area contributed by atoms with Crippen LogP contribution in [0.5, 0.6) is 17.2 Å². The minimum atomic E-state index is -0.702. The van der Waals surface area contributed by atoms with Crippen molar-refractivity contribution in [3.05, 3.63) is 83.0 Å². The van der Waals surface area contributed by atoms with Gasteiger partial charge < -0.3 is 18.9 Å². The van der Waals surface area contributed by atoms with Gasteiger partial charge in [-0.25, -0.2) is 9.79 Å². The van der Waals surface area contributed by atoms with Crippen LogP contribution in [0.15, 0.2) is 61.9 Å². The number of esters is 1. The molecule has 180 valence electrons. The molecule has 0 fully saturated rings. The molecule has 3 aromatic rings. The molecule has 0 N–H and O–H groups in total. The summed E-state index contributed by atoms with van der Waals surface area (Å²) in [5.41, 5.74) is 2.11. The molecule has 1 aromatic heterocycles. The molecule has 10 heteroatoms. The molecule has 1 unspecified atom stereocenters. The molecule has 0 radical (unpaired) electrons. The minimum Gasteiger partial charge on any atom is -0.496 e. The molecule has 2 aliphatic rings. The van der Waals surface area contributed by atoms with Crippen molar-refractivity contribution in [2.75, 3.05) is 20.5 Å². The van der Waals surface area contributed by atoms with E-state index in [1.807, 2.05) is 30.3 Å². The van der Waals surface area contributed by atoms with Crippen LogP contribution in [0.4, 0.5) is 0 Å². The number of nitrogens with zero attached hydrogens (tertiary/aromatic N) is 2. The molecule has 0 bridgehead atoms. The first kappa shape index (κ1) is 23.4. The van der Waals surface area contributed by atoms with Crippen molar-refractivity contribution in [3.8, 4) is 17.2 Å². The number of benzene rings is 2. The summed E-state index contributed by atoms with van der Waals surface area (Å²) in [5, 5.41) is 0. The Morgan fingerprint density at radius 3 is 2.80 bits per heavy atom. The monoisotopic (exact) mass is 556 g/mol. The van der Waals surface area contributed by atoms with Crippen LogP contribution in [-0.2, 0) is 9.53 Å². The number of fused-ring (bicyclic) bond motifs is 2. The van der Waals surface area contributed by atoms with Crippen molar-refractivity contribution in [2.45, 2.75) is 19.9 Å². The summed E-state index contributed by atoms with van der Waals surface area (Å²) in [7, 11) is 1.58. The zero-order chi connectivity index (χ0) is 24.7. The first-order chi connectivity index (χ1) is 16.9. The zero-order valence-corrected chi connectivity index (χ0v) is 21.6. The van der Waals surface area contributed by atoms with Crippen molar-refractivity contribution in [1.29, 1.82) is 0 Å². The van der Waals surface area contributed by atoms with Gasteiger partial charge in [0.15, 0.2) is 16.3 Å². The van der Waals surface area contributed by atoms with Gasteiger partial charge >= 0.3 is 5.97 Å². The lowest BCUT2D eigenvalue weighted by Gasteiger charge is -2.25. The molecule has 0 saturated carbocycles. The summed E-state index contributed by atoms with van der Waals surface area (Å²) in [6.45, 7) is 3.89. The van der Waals surface area contributed by atoms with Gasteiger partial charge in [0.2, 0.25) is 6.79 Å². The standard InChI is InChI=1S/C25H21BrN2O6S/c1-4-32-24(30)21-13(2)27-25-28(22(21)15-6-8-17(31-3)16(26)11-15)23(29)20(35-25)10-14-5-7-18-19(9-14)34-12-33-18/h5-11,22H,4,12H2,1-3H3/b20-10+. The molecule has 0 amide bonds. The molecule has 5 rings (SSSR count). The third kappa shape index (κ3) is 4.17. The van der Waals surface area contributed by atoms with Gasteiger partial charge in [-0.3, -0.25) is 9.36 Å². The van der Waals surface area contributed by atoms with Crippen LogP contribution in [0.1, 0.15) is 31.0 Å². The smallest absolute Gasteiger partial charge is 0.338 e. The number of thiazole rings is 1. The second-order valence-corrected chi connectivity index (χ2v) is 9.67. The lowest BCUT2D eigenvalue weighted by atomic mass is 9.96. The van der Waals surface area contributed by atoms with Crippen molar-refractivity contribution >= 4 is 39.3 Å². The van der Waals surface area contributed by atoms with Gasteiger partial charge in [-0.05, 0) is 71.2 Å². The summed E-state index contributed by atoms with van der Waals surface area (Å²) < 4.78 is 24.3. The van der Waals surface area contributed by atoms with Gasteiger partial charge in [0.25, 0.3) is 5.56 Å². The maximum atomic E-state index is 13.7. The predicted molar refractivity (Wildman–Crippen MR) is 134 cm³/mol. The van der Waals surface area contributed by atoms with Gasteiger partial charge in [0, 0.05) is 0 Å². The van der Waals surface area contributed by atoms with E-state index in [-0.39, 0.29) is 19.0 Å². The minimum absolute atomic E-state index is 0.175. The molecule has 0 saturated heterocycles. The number of methoxy groups -OCH3 is 1. The molecule has 1 atom stereocenters. The molecule has 0 aliphatic carbocycles. The van der Waals surface area contributed by atoms with Crippen LogP contribution in [0, 0.1) is 0 Å². The fourth-order valence-corrected chi connectivity index (χ4v) is 5.72. The number of hydrogen-bond donors (Lipinski definition) is 0. The highest BCUT2D eigenvalue weighted by atomic mass is 79.9. The molecule has 35 heavy (non-hydrogen) atoms. The lowest BCUT2D eigenvalue weighted by Crippen LogP contribution is -2.39. The Hall–Kier alpha value is -3.37. The highest BCUT2D eigenvalue weighted by Gasteiger charge is 2.33. The van der Waals surface area contributed by atoms with Crippen LogP contribution >= 0.6 is 27.3 Å². The third-order valence-electron chi connectivity index (χ3n) is 5.70. The summed E-state index contributed by atoms with van der Waals surface area (Å²) >= 11 is 4.78.